The second-order valence-corrected chi connectivity index (χ2v) is 9.20. The first-order chi connectivity index (χ1) is 16.8. The molecular formula is C26H27N7O. The van der Waals surface area contributed by atoms with Gasteiger partial charge in [-0.05, 0) is 49.4 Å². The van der Waals surface area contributed by atoms with Crippen molar-refractivity contribution in [3.63, 3.8) is 0 Å². The molecule has 1 aromatic carbocycles. The zero-order chi connectivity index (χ0) is 22.9. The molecule has 0 spiro atoms. The number of fused-ring (bicyclic) bond motifs is 3. The van der Waals surface area contributed by atoms with Gasteiger partial charge in [0.2, 0.25) is 0 Å². The summed E-state index contributed by atoms with van der Waals surface area (Å²) in [5.74, 6) is 0.882. The van der Waals surface area contributed by atoms with Crippen molar-refractivity contribution in [2.75, 3.05) is 31.6 Å². The Morgan fingerprint density at radius 2 is 1.88 bits per heavy atom. The number of rotatable bonds is 4. The van der Waals surface area contributed by atoms with E-state index in [4.69, 9.17) is 4.74 Å². The maximum Gasteiger partial charge on any atom is 0.143 e. The summed E-state index contributed by atoms with van der Waals surface area (Å²) >= 11 is 0. The van der Waals surface area contributed by atoms with Crippen LogP contribution in [0.2, 0.25) is 0 Å². The van der Waals surface area contributed by atoms with Crippen LogP contribution in [0.15, 0.2) is 43.0 Å². The number of aromatic amines is 1. The second kappa shape index (κ2) is 9.01. The van der Waals surface area contributed by atoms with Crippen LogP contribution in [0.5, 0.6) is 0 Å². The molecule has 1 saturated heterocycles. The van der Waals surface area contributed by atoms with E-state index in [2.05, 4.69) is 48.4 Å². The second-order valence-electron chi connectivity index (χ2n) is 9.20. The molecule has 34 heavy (non-hydrogen) atoms. The van der Waals surface area contributed by atoms with Crippen LogP contribution >= 0.6 is 0 Å². The molecule has 6 rings (SSSR count). The fourth-order valence-corrected chi connectivity index (χ4v) is 5.39. The van der Waals surface area contributed by atoms with E-state index < -0.39 is 0 Å². The van der Waals surface area contributed by atoms with Gasteiger partial charge in [0, 0.05) is 54.0 Å². The van der Waals surface area contributed by atoms with Crippen molar-refractivity contribution in [1.82, 2.24) is 24.8 Å². The normalized spacial score (nSPS) is 21.5. The van der Waals surface area contributed by atoms with E-state index >= 15 is 0 Å². The molecule has 172 valence electrons. The van der Waals surface area contributed by atoms with Crippen molar-refractivity contribution < 1.29 is 4.74 Å². The molecule has 0 amide bonds. The van der Waals surface area contributed by atoms with Gasteiger partial charge in [-0.2, -0.15) is 5.26 Å². The van der Waals surface area contributed by atoms with E-state index in [9.17, 15) is 5.26 Å². The third-order valence-electron chi connectivity index (χ3n) is 7.19. The van der Waals surface area contributed by atoms with Crippen LogP contribution in [-0.2, 0) is 4.74 Å². The molecule has 8 heteroatoms. The number of nitrogens with zero attached hydrogens (tertiary/aromatic N) is 5. The molecule has 0 unspecified atom stereocenters. The molecule has 1 aliphatic carbocycles. The van der Waals surface area contributed by atoms with Gasteiger partial charge in [-0.3, -0.25) is 9.88 Å². The first kappa shape index (κ1) is 21.0. The number of nitriles is 1. The van der Waals surface area contributed by atoms with E-state index in [0.29, 0.717) is 17.6 Å². The molecule has 2 aliphatic rings. The summed E-state index contributed by atoms with van der Waals surface area (Å²) in [4.78, 5) is 19.4. The molecule has 0 atom stereocenters. The molecular weight excluding hydrogens is 426 g/mol. The lowest BCUT2D eigenvalue weighted by molar-refractivity contribution is 0.00791. The van der Waals surface area contributed by atoms with Crippen LogP contribution in [0.25, 0.3) is 33.1 Å². The average molecular weight is 454 g/mol. The lowest BCUT2D eigenvalue weighted by Crippen LogP contribution is -2.46. The highest BCUT2D eigenvalue weighted by Gasteiger charge is 2.27. The molecule has 0 radical (unpaired) electrons. The van der Waals surface area contributed by atoms with Crippen LogP contribution in [0, 0.1) is 11.3 Å². The minimum atomic E-state index is 0.403. The van der Waals surface area contributed by atoms with E-state index in [1.807, 2.05) is 12.1 Å². The lowest BCUT2D eigenvalue weighted by atomic mass is 9.90. The quantitative estimate of drug-likeness (QED) is 0.479. The fraction of sp³-hybridized carbons (Fsp3) is 0.385. The summed E-state index contributed by atoms with van der Waals surface area (Å²) in [5, 5.41) is 15.1. The monoisotopic (exact) mass is 453 g/mol. The number of ether oxygens (including phenoxy) is 1. The number of H-pyrrole nitrogens is 1. The Morgan fingerprint density at radius 3 is 2.71 bits per heavy atom. The standard InChI is InChI=1S/C26H27N7O/c27-13-17-11-19(15-28-14-17)18-1-6-23-22(12-18)24-25(29-16-30-26(24)32-23)31-20-2-4-21(5-3-20)33-7-9-34-10-8-33/h1,6,11-12,14-16,20-21H,2-5,7-10H2,(H2,29,30,31,32)/t20-,21-. The Hall–Kier alpha value is -3.54. The van der Waals surface area contributed by atoms with Gasteiger partial charge in [0.1, 0.15) is 23.9 Å². The summed E-state index contributed by atoms with van der Waals surface area (Å²) in [5.41, 5.74) is 4.33. The zero-order valence-corrected chi connectivity index (χ0v) is 19.0. The first-order valence-electron chi connectivity index (χ1n) is 12.0. The van der Waals surface area contributed by atoms with Crippen molar-refractivity contribution in [3.8, 4) is 17.2 Å². The van der Waals surface area contributed by atoms with Gasteiger partial charge in [0.05, 0.1) is 24.2 Å². The maximum absolute atomic E-state index is 9.24. The van der Waals surface area contributed by atoms with Gasteiger partial charge in [0.25, 0.3) is 0 Å². The number of benzene rings is 1. The number of pyridine rings is 1. The van der Waals surface area contributed by atoms with Gasteiger partial charge in [0.15, 0.2) is 0 Å². The van der Waals surface area contributed by atoms with Gasteiger partial charge >= 0.3 is 0 Å². The summed E-state index contributed by atoms with van der Waals surface area (Å²) in [6, 6.07) is 11.3. The Kier molecular flexibility index (Phi) is 5.57. The molecule has 8 nitrogen and oxygen atoms in total. The Bertz CT molecular complexity index is 1360. The Balaban J connectivity index is 1.27. The number of hydrogen-bond acceptors (Lipinski definition) is 7. The van der Waals surface area contributed by atoms with Crippen LogP contribution in [0.3, 0.4) is 0 Å². The smallest absolute Gasteiger partial charge is 0.143 e. The molecule has 0 bridgehead atoms. The van der Waals surface area contributed by atoms with Crippen molar-refractivity contribution >= 4 is 27.8 Å². The average Bonchev–Trinajstić information content (AvgIpc) is 3.28. The van der Waals surface area contributed by atoms with E-state index in [1.165, 1.54) is 12.8 Å². The zero-order valence-electron chi connectivity index (χ0n) is 19.0. The van der Waals surface area contributed by atoms with Crippen molar-refractivity contribution in [2.24, 2.45) is 0 Å². The number of hydrogen-bond donors (Lipinski definition) is 2. The largest absolute Gasteiger partial charge is 0.379 e. The topological polar surface area (TPSA) is 103 Å². The van der Waals surface area contributed by atoms with Crippen molar-refractivity contribution in [3.05, 3.63) is 48.5 Å². The number of anilines is 1. The van der Waals surface area contributed by atoms with Crippen molar-refractivity contribution in [1.29, 1.82) is 5.26 Å². The highest BCUT2D eigenvalue weighted by atomic mass is 16.5. The molecule has 3 aromatic heterocycles. The van der Waals surface area contributed by atoms with Gasteiger partial charge in [-0.1, -0.05) is 6.07 Å². The molecule has 1 aliphatic heterocycles. The predicted octanol–water partition coefficient (Wildman–Crippen LogP) is 4.10. The number of morpholine rings is 1. The minimum Gasteiger partial charge on any atom is -0.379 e. The van der Waals surface area contributed by atoms with Gasteiger partial charge in [-0.15, -0.1) is 0 Å². The Labute approximate surface area is 198 Å². The number of aromatic nitrogens is 4. The van der Waals surface area contributed by atoms with Crippen LogP contribution in [0.4, 0.5) is 5.82 Å². The van der Waals surface area contributed by atoms with Crippen molar-refractivity contribution in [2.45, 2.75) is 37.8 Å². The molecule has 2 fully saturated rings. The number of nitrogens with one attached hydrogen (secondary N) is 2. The predicted molar refractivity (Wildman–Crippen MR) is 131 cm³/mol. The minimum absolute atomic E-state index is 0.403. The summed E-state index contributed by atoms with van der Waals surface area (Å²) < 4.78 is 5.52. The molecule has 2 N–H and O–H groups in total. The van der Waals surface area contributed by atoms with E-state index in [1.54, 1.807) is 18.7 Å². The SMILES string of the molecule is N#Cc1cncc(-c2ccc3[nH]c4ncnc(N[C@H]5CC[C@H](N6CCOCC6)CC5)c4c3c2)c1. The summed E-state index contributed by atoms with van der Waals surface area (Å²) in [7, 11) is 0. The van der Waals surface area contributed by atoms with Crippen LogP contribution in [-0.4, -0.2) is 63.2 Å². The third kappa shape index (κ3) is 3.98. The summed E-state index contributed by atoms with van der Waals surface area (Å²) in [6.45, 7) is 3.83. The van der Waals surface area contributed by atoms with Gasteiger partial charge < -0.3 is 15.0 Å². The van der Waals surface area contributed by atoms with Gasteiger partial charge in [-0.25, -0.2) is 9.97 Å². The highest BCUT2D eigenvalue weighted by Crippen LogP contribution is 2.34. The first-order valence-corrected chi connectivity index (χ1v) is 12.0. The third-order valence-corrected chi connectivity index (χ3v) is 7.19. The van der Waals surface area contributed by atoms with Crippen LogP contribution < -0.4 is 5.32 Å². The molecule has 1 saturated carbocycles. The fourth-order valence-electron chi connectivity index (χ4n) is 5.39. The molecule has 4 heterocycles. The lowest BCUT2D eigenvalue weighted by Gasteiger charge is -2.39. The maximum atomic E-state index is 9.24. The highest BCUT2D eigenvalue weighted by molar-refractivity contribution is 6.12. The molecule has 4 aromatic rings. The summed E-state index contributed by atoms with van der Waals surface area (Å²) in [6.07, 6.45) is 9.66. The van der Waals surface area contributed by atoms with E-state index in [0.717, 1.165) is 78.0 Å². The Morgan fingerprint density at radius 1 is 1.03 bits per heavy atom. The van der Waals surface area contributed by atoms with E-state index in [-0.39, 0.29) is 0 Å². The van der Waals surface area contributed by atoms with Crippen LogP contribution in [0.1, 0.15) is 31.2 Å².